The van der Waals surface area contributed by atoms with E-state index >= 15 is 0 Å². The van der Waals surface area contributed by atoms with Crippen LogP contribution in [0.4, 0.5) is 0 Å². The summed E-state index contributed by atoms with van der Waals surface area (Å²) in [6.45, 7) is 2.99. The summed E-state index contributed by atoms with van der Waals surface area (Å²) in [5, 5.41) is 0. The summed E-state index contributed by atoms with van der Waals surface area (Å²) in [6, 6.07) is 10.2. The molecule has 1 amide bonds. The summed E-state index contributed by atoms with van der Waals surface area (Å²) in [5.74, 6) is 0.273. The second-order valence-electron chi connectivity index (χ2n) is 7.02. The predicted molar refractivity (Wildman–Crippen MR) is 104 cm³/mol. The van der Waals surface area contributed by atoms with Crippen LogP contribution in [0.3, 0.4) is 0 Å². The van der Waals surface area contributed by atoms with Crippen molar-refractivity contribution < 1.29 is 4.79 Å². The van der Waals surface area contributed by atoms with Crippen molar-refractivity contribution in [2.75, 3.05) is 7.05 Å². The predicted octanol–water partition coefficient (Wildman–Crippen LogP) is 6.35. The Morgan fingerprint density at radius 1 is 0.792 bits per heavy atom. The number of hydrogen-bond donors (Lipinski definition) is 0. The molecule has 0 heterocycles. The van der Waals surface area contributed by atoms with Gasteiger partial charge in [-0.05, 0) is 12.0 Å². The van der Waals surface area contributed by atoms with E-state index in [0.29, 0.717) is 6.42 Å². The number of benzene rings is 1. The van der Waals surface area contributed by atoms with Crippen LogP contribution in [0.25, 0.3) is 0 Å². The van der Waals surface area contributed by atoms with Gasteiger partial charge < -0.3 is 4.90 Å². The van der Waals surface area contributed by atoms with Gasteiger partial charge in [0.15, 0.2) is 0 Å². The van der Waals surface area contributed by atoms with Crippen molar-refractivity contribution in [3.05, 3.63) is 35.9 Å². The molecule has 0 N–H and O–H groups in total. The summed E-state index contributed by atoms with van der Waals surface area (Å²) in [6.07, 6.45) is 15.3. The van der Waals surface area contributed by atoms with Gasteiger partial charge >= 0.3 is 0 Å². The molecule has 1 aromatic carbocycles. The highest BCUT2D eigenvalue weighted by molar-refractivity contribution is 5.75. The molecule has 1 rings (SSSR count). The van der Waals surface area contributed by atoms with Gasteiger partial charge in [0.1, 0.15) is 0 Å². The molecular formula is C22H37NO. The van der Waals surface area contributed by atoms with Crippen LogP contribution in [0.2, 0.25) is 0 Å². The molecule has 24 heavy (non-hydrogen) atoms. The summed E-state index contributed by atoms with van der Waals surface area (Å²) in [7, 11) is 1.91. The lowest BCUT2D eigenvalue weighted by atomic mass is 10.1. The third kappa shape index (κ3) is 10.5. The van der Waals surface area contributed by atoms with Crippen molar-refractivity contribution in [1.82, 2.24) is 4.90 Å². The minimum atomic E-state index is 0.273. The fourth-order valence-electron chi connectivity index (χ4n) is 3.08. The van der Waals surface area contributed by atoms with Gasteiger partial charge in [0, 0.05) is 20.0 Å². The van der Waals surface area contributed by atoms with E-state index in [4.69, 9.17) is 0 Å². The highest BCUT2D eigenvalue weighted by Crippen LogP contribution is 2.12. The van der Waals surface area contributed by atoms with Crippen LogP contribution in [0.5, 0.6) is 0 Å². The molecule has 0 radical (unpaired) electrons. The van der Waals surface area contributed by atoms with Crippen molar-refractivity contribution in [1.29, 1.82) is 0 Å². The van der Waals surface area contributed by atoms with Gasteiger partial charge in [-0.3, -0.25) is 4.79 Å². The van der Waals surface area contributed by atoms with Gasteiger partial charge in [0.2, 0.25) is 5.91 Å². The normalized spacial score (nSPS) is 10.8. The minimum Gasteiger partial charge on any atom is -0.341 e. The molecular weight excluding hydrogens is 294 g/mol. The van der Waals surface area contributed by atoms with E-state index in [0.717, 1.165) is 13.0 Å². The van der Waals surface area contributed by atoms with Crippen molar-refractivity contribution in [3.8, 4) is 0 Å². The van der Waals surface area contributed by atoms with Crippen molar-refractivity contribution in [2.45, 2.75) is 90.5 Å². The topological polar surface area (TPSA) is 20.3 Å². The van der Waals surface area contributed by atoms with E-state index in [1.165, 1.54) is 69.8 Å². The Morgan fingerprint density at radius 3 is 1.83 bits per heavy atom. The fourth-order valence-corrected chi connectivity index (χ4v) is 3.08. The maximum Gasteiger partial charge on any atom is 0.222 e. The third-order valence-electron chi connectivity index (χ3n) is 4.68. The Balaban J connectivity index is 1.94. The number of unbranched alkanes of at least 4 members (excludes halogenated alkanes) is 10. The molecule has 0 aliphatic heterocycles. The summed E-state index contributed by atoms with van der Waals surface area (Å²) >= 11 is 0. The third-order valence-corrected chi connectivity index (χ3v) is 4.68. The molecule has 136 valence electrons. The van der Waals surface area contributed by atoms with Crippen LogP contribution in [-0.2, 0) is 11.3 Å². The average molecular weight is 332 g/mol. The highest BCUT2D eigenvalue weighted by Gasteiger charge is 2.08. The van der Waals surface area contributed by atoms with Gasteiger partial charge in [-0.15, -0.1) is 0 Å². The smallest absolute Gasteiger partial charge is 0.222 e. The number of carbonyl (C=O) groups is 1. The first-order valence-corrected chi connectivity index (χ1v) is 10.0. The first-order valence-electron chi connectivity index (χ1n) is 10.0. The number of carbonyl (C=O) groups excluding carboxylic acids is 1. The second kappa shape index (κ2) is 14.1. The maximum absolute atomic E-state index is 12.1. The molecule has 0 aromatic heterocycles. The first kappa shape index (κ1) is 20.7. The second-order valence-corrected chi connectivity index (χ2v) is 7.02. The molecule has 1 aromatic rings. The summed E-state index contributed by atoms with van der Waals surface area (Å²) in [4.78, 5) is 14.0. The first-order chi connectivity index (χ1) is 11.7. The molecule has 0 atom stereocenters. The zero-order valence-electron chi connectivity index (χ0n) is 15.9. The SMILES string of the molecule is CCCCCCCCCCCCCC(=O)N(C)Cc1ccccc1. The average Bonchev–Trinajstić information content (AvgIpc) is 2.60. The monoisotopic (exact) mass is 331 g/mol. The Kier molecular flexibility index (Phi) is 12.2. The lowest BCUT2D eigenvalue weighted by molar-refractivity contribution is -0.130. The molecule has 0 aliphatic rings. The van der Waals surface area contributed by atoms with Crippen LogP contribution < -0.4 is 0 Å². The zero-order valence-corrected chi connectivity index (χ0v) is 15.9. The standard InChI is InChI=1S/C22H37NO/c1-3-4-5-6-7-8-9-10-11-12-16-19-22(24)23(2)20-21-17-14-13-15-18-21/h13-15,17-18H,3-12,16,19-20H2,1-2H3. The van der Waals surface area contributed by atoms with E-state index in [-0.39, 0.29) is 5.91 Å². The summed E-state index contributed by atoms with van der Waals surface area (Å²) < 4.78 is 0. The van der Waals surface area contributed by atoms with Crippen LogP contribution >= 0.6 is 0 Å². The Morgan fingerprint density at radius 2 is 1.29 bits per heavy atom. The van der Waals surface area contributed by atoms with Crippen molar-refractivity contribution in [3.63, 3.8) is 0 Å². The number of rotatable bonds is 14. The van der Waals surface area contributed by atoms with Crippen LogP contribution in [0.1, 0.15) is 89.5 Å². The van der Waals surface area contributed by atoms with Gasteiger partial charge in [0.05, 0.1) is 0 Å². The van der Waals surface area contributed by atoms with Gasteiger partial charge in [-0.1, -0.05) is 101 Å². The van der Waals surface area contributed by atoms with E-state index in [9.17, 15) is 4.79 Å². The highest BCUT2D eigenvalue weighted by atomic mass is 16.2. The van der Waals surface area contributed by atoms with E-state index in [2.05, 4.69) is 19.1 Å². The van der Waals surface area contributed by atoms with E-state index < -0.39 is 0 Å². The molecule has 0 saturated carbocycles. The molecule has 0 unspecified atom stereocenters. The molecule has 0 fully saturated rings. The Labute approximate surface area is 149 Å². The maximum atomic E-state index is 12.1. The van der Waals surface area contributed by atoms with Gasteiger partial charge in [-0.2, -0.15) is 0 Å². The molecule has 0 spiro atoms. The number of amides is 1. The summed E-state index contributed by atoms with van der Waals surface area (Å²) in [5.41, 5.74) is 1.20. The van der Waals surface area contributed by atoms with Crippen LogP contribution in [-0.4, -0.2) is 17.9 Å². The lowest BCUT2D eigenvalue weighted by Gasteiger charge is -2.17. The largest absolute Gasteiger partial charge is 0.341 e. The molecule has 2 nitrogen and oxygen atoms in total. The van der Waals surface area contributed by atoms with Crippen LogP contribution in [0.15, 0.2) is 30.3 Å². The van der Waals surface area contributed by atoms with Crippen molar-refractivity contribution in [2.24, 2.45) is 0 Å². The molecule has 0 saturated heterocycles. The molecule has 2 heteroatoms. The Bertz CT molecular complexity index is 415. The van der Waals surface area contributed by atoms with Gasteiger partial charge in [0.25, 0.3) is 0 Å². The zero-order chi connectivity index (χ0) is 17.5. The number of nitrogens with zero attached hydrogens (tertiary/aromatic N) is 1. The van der Waals surface area contributed by atoms with Crippen molar-refractivity contribution >= 4 is 5.91 Å². The van der Waals surface area contributed by atoms with Crippen LogP contribution in [0, 0.1) is 0 Å². The van der Waals surface area contributed by atoms with E-state index in [1.54, 1.807) is 0 Å². The lowest BCUT2D eigenvalue weighted by Crippen LogP contribution is -2.25. The minimum absolute atomic E-state index is 0.273. The van der Waals surface area contributed by atoms with E-state index in [1.807, 2.05) is 30.1 Å². The quantitative estimate of drug-likeness (QED) is 0.364. The number of hydrogen-bond acceptors (Lipinski definition) is 1. The van der Waals surface area contributed by atoms with Gasteiger partial charge in [-0.25, -0.2) is 0 Å². The fraction of sp³-hybridized carbons (Fsp3) is 0.682. The molecule has 0 bridgehead atoms. The Hall–Kier alpha value is -1.31. The molecule has 0 aliphatic carbocycles.